The molecule has 2 N–H and O–H groups in total. The molecule has 2 heterocycles. The number of fused-ring (bicyclic) bond motifs is 1. The third-order valence-electron chi connectivity index (χ3n) is 6.85. The standard InChI is InChI=1S/C21H31F2N3O4S/c1-26-11-18-20(19(26)21(27)24-14-7-9-15(22)16(23)10-8-14)30-12-17(25-31(18,28)29)13-5-3-2-4-6-13/h11,13-17,25H,2-10,12H2,1H3,(H,24,27)/t14?,15?,16?,17-/m1/s1. The lowest BCUT2D eigenvalue weighted by Crippen LogP contribution is -2.43. The predicted molar refractivity (Wildman–Crippen MR) is 111 cm³/mol. The van der Waals surface area contributed by atoms with Crippen molar-refractivity contribution in [3.05, 3.63) is 11.9 Å². The number of rotatable bonds is 3. The van der Waals surface area contributed by atoms with Gasteiger partial charge in [-0.1, -0.05) is 19.3 Å². The molecule has 174 valence electrons. The van der Waals surface area contributed by atoms with E-state index in [2.05, 4.69) is 10.0 Å². The first kappa shape index (κ1) is 22.5. The Morgan fingerprint density at radius 1 is 1.10 bits per heavy atom. The van der Waals surface area contributed by atoms with Crippen LogP contribution in [-0.4, -0.2) is 49.9 Å². The molecule has 3 atom stereocenters. The molecule has 3 aliphatic rings. The van der Waals surface area contributed by atoms with E-state index in [1.807, 2.05) is 0 Å². The number of ether oxygens (including phenoxy) is 1. The average molecular weight is 460 g/mol. The Bertz CT molecular complexity index is 902. The van der Waals surface area contributed by atoms with Crippen LogP contribution in [0.2, 0.25) is 0 Å². The summed E-state index contributed by atoms with van der Waals surface area (Å²) in [6, 6.07) is -0.698. The van der Waals surface area contributed by atoms with E-state index < -0.39 is 28.3 Å². The van der Waals surface area contributed by atoms with Crippen LogP contribution in [-0.2, 0) is 17.1 Å². The summed E-state index contributed by atoms with van der Waals surface area (Å²) in [4.78, 5) is 13.0. The number of amides is 1. The van der Waals surface area contributed by atoms with Gasteiger partial charge in [0.05, 0.1) is 6.04 Å². The minimum absolute atomic E-state index is 0.0474. The Morgan fingerprint density at radius 3 is 2.39 bits per heavy atom. The Kier molecular flexibility index (Phi) is 6.57. The van der Waals surface area contributed by atoms with Crippen LogP contribution in [0.25, 0.3) is 0 Å². The van der Waals surface area contributed by atoms with E-state index in [4.69, 9.17) is 4.74 Å². The van der Waals surface area contributed by atoms with Crippen molar-refractivity contribution in [3.8, 4) is 5.75 Å². The van der Waals surface area contributed by atoms with Gasteiger partial charge in [-0.15, -0.1) is 0 Å². The summed E-state index contributed by atoms with van der Waals surface area (Å²) in [5, 5.41) is 2.83. The summed E-state index contributed by atoms with van der Waals surface area (Å²) in [5.74, 6) is -0.231. The maximum atomic E-state index is 13.6. The van der Waals surface area contributed by atoms with Crippen LogP contribution in [0.5, 0.6) is 5.75 Å². The second-order valence-corrected chi connectivity index (χ2v) is 10.8. The molecule has 0 aromatic carbocycles. The summed E-state index contributed by atoms with van der Waals surface area (Å²) in [6.45, 7) is 0.164. The van der Waals surface area contributed by atoms with Gasteiger partial charge in [0.1, 0.15) is 23.8 Å². The lowest BCUT2D eigenvalue weighted by molar-refractivity contribution is 0.0918. The summed E-state index contributed by atoms with van der Waals surface area (Å²) < 4.78 is 63.5. The molecule has 2 aliphatic carbocycles. The van der Waals surface area contributed by atoms with E-state index in [9.17, 15) is 22.0 Å². The fourth-order valence-electron chi connectivity index (χ4n) is 5.03. The monoisotopic (exact) mass is 459 g/mol. The first-order valence-electron chi connectivity index (χ1n) is 11.2. The molecule has 1 amide bonds. The molecule has 0 radical (unpaired) electrons. The van der Waals surface area contributed by atoms with Crippen molar-refractivity contribution in [1.82, 2.24) is 14.6 Å². The molecule has 10 heteroatoms. The number of aromatic nitrogens is 1. The Labute approximate surface area is 182 Å². The van der Waals surface area contributed by atoms with Gasteiger partial charge in [-0.05, 0) is 44.4 Å². The molecular weight excluding hydrogens is 428 g/mol. The van der Waals surface area contributed by atoms with Crippen LogP contribution in [0.4, 0.5) is 8.78 Å². The van der Waals surface area contributed by atoms with Crippen molar-refractivity contribution in [2.45, 2.75) is 87.1 Å². The normalized spacial score (nSPS) is 31.7. The minimum Gasteiger partial charge on any atom is -0.488 e. The number of carbonyl (C=O) groups excluding carboxylic acids is 1. The number of halogens is 2. The second kappa shape index (κ2) is 9.05. The molecule has 0 bridgehead atoms. The fraction of sp³-hybridized carbons (Fsp3) is 0.762. The molecule has 4 rings (SSSR count). The number of hydrogen-bond acceptors (Lipinski definition) is 4. The van der Waals surface area contributed by atoms with Crippen LogP contribution in [0.1, 0.15) is 68.3 Å². The van der Waals surface area contributed by atoms with E-state index in [-0.39, 0.29) is 53.8 Å². The molecule has 2 fully saturated rings. The van der Waals surface area contributed by atoms with Crippen molar-refractivity contribution in [3.63, 3.8) is 0 Å². The minimum atomic E-state index is -3.84. The van der Waals surface area contributed by atoms with Gasteiger partial charge in [-0.3, -0.25) is 4.79 Å². The maximum Gasteiger partial charge on any atom is 0.272 e. The number of hydrogen-bond donors (Lipinski definition) is 2. The molecule has 1 aromatic rings. The highest BCUT2D eigenvalue weighted by molar-refractivity contribution is 7.89. The van der Waals surface area contributed by atoms with E-state index in [1.165, 1.54) is 10.8 Å². The third kappa shape index (κ3) is 4.74. The lowest BCUT2D eigenvalue weighted by Gasteiger charge is -2.29. The molecule has 1 aliphatic heterocycles. The van der Waals surface area contributed by atoms with Gasteiger partial charge >= 0.3 is 0 Å². The lowest BCUT2D eigenvalue weighted by atomic mass is 9.84. The third-order valence-corrected chi connectivity index (χ3v) is 8.33. The fourth-order valence-corrected chi connectivity index (χ4v) is 6.52. The highest BCUT2D eigenvalue weighted by Gasteiger charge is 2.38. The largest absolute Gasteiger partial charge is 0.488 e. The number of nitrogens with zero attached hydrogens (tertiary/aromatic N) is 1. The first-order valence-corrected chi connectivity index (χ1v) is 12.7. The van der Waals surface area contributed by atoms with Gasteiger partial charge < -0.3 is 14.6 Å². The topological polar surface area (TPSA) is 89.4 Å². The summed E-state index contributed by atoms with van der Waals surface area (Å²) in [6.07, 6.45) is 4.36. The molecular formula is C21H31F2N3O4S. The van der Waals surface area contributed by atoms with E-state index in [0.717, 1.165) is 32.1 Å². The van der Waals surface area contributed by atoms with Crippen molar-refractivity contribution in [1.29, 1.82) is 0 Å². The summed E-state index contributed by atoms with van der Waals surface area (Å²) >= 11 is 0. The number of alkyl halides is 2. The predicted octanol–water partition coefficient (Wildman–Crippen LogP) is 2.99. The quantitative estimate of drug-likeness (QED) is 0.680. The van der Waals surface area contributed by atoms with Gasteiger partial charge in [-0.25, -0.2) is 21.9 Å². The van der Waals surface area contributed by atoms with Gasteiger partial charge in [0.25, 0.3) is 5.91 Å². The second-order valence-electron chi connectivity index (χ2n) is 9.08. The SMILES string of the molecule is Cn1cc2c(c1C(=O)NC1CCC(F)C(F)CC1)OC[C@H](C1CCCCC1)NS2(=O)=O. The van der Waals surface area contributed by atoms with Gasteiger partial charge in [0, 0.05) is 19.3 Å². The van der Waals surface area contributed by atoms with Gasteiger partial charge in [0.15, 0.2) is 11.4 Å². The smallest absolute Gasteiger partial charge is 0.272 e. The molecule has 2 saturated carbocycles. The van der Waals surface area contributed by atoms with E-state index in [0.29, 0.717) is 12.8 Å². The van der Waals surface area contributed by atoms with Gasteiger partial charge in [-0.2, -0.15) is 0 Å². The summed E-state index contributed by atoms with van der Waals surface area (Å²) in [7, 11) is -2.25. The van der Waals surface area contributed by atoms with Crippen molar-refractivity contribution >= 4 is 15.9 Å². The Morgan fingerprint density at radius 2 is 1.74 bits per heavy atom. The molecule has 7 nitrogen and oxygen atoms in total. The molecule has 1 aromatic heterocycles. The zero-order chi connectivity index (χ0) is 22.2. The van der Waals surface area contributed by atoms with Crippen molar-refractivity contribution < 1.29 is 26.7 Å². The first-order chi connectivity index (χ1) is 14.8. The average Bonchev–Trinajstić information content (AvgIpc) is 2.93. The molecule has 0 saturated heterocycles. The molecule has 0 spiro atoms. The van der Waals surface area contributed by atoms with Crippen molar-refractivity contribution in [2.24, 2.45) is 13.0 Å². The van der Waals surface area contributed by atoms with Crippen LogP contribution in [0.3, 0.4) is 0 Å². The highest BCUT2D eigenvalue weighted by Crippen LogP contribution is 2.35. The van der Waals surface area contributed by atoms with Crippen LogP contribution in [0, 0.1) is 5.92 Å². The summed E-state index contributed by atoms with van der Waals surface area (Å²) in [5.41, 5.74) is 0.113. The van der Waals surface area contributed by atoms with E-state index >= 15 is 0 Å². The zero-order valence-electron chi connectivity index (χ0n) is 17.8. The molecule has 31 heavy (non-hydrogen) atoms. The number of nitrogens with one attached hydrogen (secondary N) is 2. The number of sulfonamides is 1. The zero-order valence-corrected chi connectivity index (χ0v) is 18.6. The van der Waals surface area contributed by atoms with Crippen molar-refractivity contribution in [2.75, 3.05) is 6.61 Å². The van der Waals surface area contributed by atoms with E-state index in [1.54, 1.807) is 7.05 Å². The van der Waals surface area contributed by atoms with Gasteiger partial charge in [0.2, 0.25) is 10.0 Å². The molecule has 2 unspecified atom stereocenters. The Balaban J connectivity index is 1.54. The Hall–Kier alpha value is -1.68. The van der Waals surface area contributed by atoms with Crippen LogP contribution < -0.4 is 14.8 Å². The number of aryl methyl sites for hydroxylation is 1. The van der Waals surface area contributed by atoms with Crippen LogP contribution >= 0.6 is 0 Å². The highest BCUT2D eigenvalue weighted by atomic mass is 32.2. The maximum absolute atomic E-state index is 13.6. The number of carbonyl (C=O) groups is 1. The van der Waals surface area contributed by atoms with Crippen LogP contribution in [0.15, 0.2) is 11.1 Å².